The summed E-state index contributed by atoms with van der Waals surface area (Å²) in [5.74, 6) is 1.03. The fourth-order valence-electron chi connectivity index (χ4n) is 2.28. The number of hydrogen-bond donors (Lipinski definition) is 1. The van der Waals surface area contributed by atoms with Crippen LogP contribution in [0.4, 0.5) is 0 Å². The van der Waals surface area contributed by atoms with Gasteiger partial charge in [0.1, 0.15) is 5.75 Å². The first kappa shape index (κ1) is 14.4. The fraction of sp³-hybridized carbons (Fsp3) is 0.467. The normalized spacial score (nSPS) is 18.5. The van der Waals surface area contributed by atoms with E-state index >= 15 is 0 Å². The van der Waals surface area contributed by atoms with Crippen LogP contribution < -0.4 is 10.1 Å². The predicted octanol–water partition coefficient (Wildman–Crippen LogP) is 1.00. The maximum Gasteiger partial charge on any atom is 0.257 e. The zero-order chi connectivity index (χ0) is 14.4. The Balaban J connectivity index is 1.68. The summed E-state index contributed by atoms with van der Waals surface area (Å²) in [7, 11) is 2.09. The van der Waals surface area contributed by atoms with Gasteiger partial charge in [0.05, 0.1) is 11.6 Å². The minimum Gasteiger partial charge on any atom is -0.484 e. The van der Waals surface area contributed by atoms with E-state index in [-0.39, 0.29) is 12.5 Å². The fourth-order valence-corrected chi connectivity index (χ4v) is 2.28. The van der Waals surface area contributed by atoms with E-state index in [1.807, 2.05) is 6.07 Å². The van der Waals surface area contributed by atoms with Gasteiger partial charge in [0.25, 0.3) is 5.91 Å². The van der Waals surface area contributed by atoms with Crippen molar-refractivity contribution in [3.8, 4) is 11.8 Å². The number of likely N-dealkylation sites (tertiary alicyclic amines) is 1. The van der Waals surface area contributed by atoms with Crippen molar-refractivity contribution in [3.05, 3.63) is 29.8 Å². The SMILES string of the molecule is CN1CCC(CNC(=O)COc2ccc(C#N)cc2)C1. The second-order valence-corrected chi connectivity index (χ2v) is 5.15. The van der Waals surface area contributed by atoms with Crippen LogP contribution in [0, 0.1) is 17.2 Å². The summed E-state index contributed by atoms with van der Waals surface area (Å²) < 4.78 is 5.37. The molecule has 1 unspecified atom stereocenters. The molecule has 106 valence electrons. The monoisotopic (exact) mass is 273 g/mol. The quantitative estimate of drug-likeness (QED) is 0.869. The first-order valence-corrected chi connectivity index (χ1v) is 6.75. The zero-order valence-electron chi connectivity index (χ0n) is 11.6. The first-order valence-electron chi connectivity index (χ1n) is 6.75. The van der Waals surface area contributed by atoms with E-state index < -0.39 is 0 Å². The second-order valence-electron chi connectivity index (χ2n) is 5.15. The van der Waals surface area contributed by atoms with Gasteiger partial charge in [-0.3, -0.25) is 4.79 Å². The van der Waals surface area contributed by atoms with E-state index in [1.54, 1.807) is 24.3 Å². The maximum atomic E-state index is 11.7. The number of carbonyl (C=O) groups excluding carboxylic acids is 1. The summed E-state index contributed by atoms with van der Waals surface area (Å²) in [4.78, 5) is 13.9. The molecule has 1 aromatic rings. The van der Waals surface area contributed by atoms with Crippen molar-refractivity contribution in [3.63, 3.8) is 0 Å². The largest absolute Gasteiger partial charge is 0.484 e. The molecule has 1 amide bonds. The molecule has 1 saturated heterocycles. The highest BCUT2D eigenvalue weighted by Crippen LogP contribution is 2.13. The van der Waals surface area contributed by atoms with Gasteiger partial charge in [-0.2, -0.15) is 5.26 Å². The summed E-state index contributed by atoms with van der Waals surface area (Å²) in [5, 5.41) is 11.6. The van der Waals surface area contributed by atoms with E-state index in [2.05, 4.69) is 17.3 Å². The number of carbonyl (C=O) groups is 1. The highest BCUT2D eigenvalue weighted by atomic mass is 16.5. The Morgan fingerprint density at radius 2 is 2.25 bits per heavy atom. The molecule has 20 heavy (non-hydrogen) atoms. The number of hydrogen-bond acceptors (Lipinski definition) is 4. The van der Waals surface area contributed by atoms with Crippen LogP contribution in [0.25, 0.3) is 0 Å². The van der Waals surface area contributed by atoms with Crippen molar-refractivity contribution in [1.29, 1.82) is 5.26 Å². The lowest BCUT2D eigenvalue weighted by molar-refractivity contribution is -0.123. The van der Waals surface area contributed by atoms with E-state index in [1.165, 1.54) is 0 Å². The molecule has 1 heterocycles. The highest BCUT2D eigenvalue weighted by molar-refractivity contribution is 5.77. The predicted molar refractivity (Wildman–Crippen MR) is 75.3 cm³/mol. The van der Waals surface area contributed by atoms with Crippen molar-refractivity contribution < 1.29 is 9.53 Å². The van der Waals surface area contributed by atoms with Gasteiger partial charge in [-0.1, -0.05) is 0 Å². The molecule has 1 aromatic carbocycles. The van der Waals surface area contributed by atoms with Gasteiger partial charge in [-0.25, -0.2) is 0 Å². The molecule has 1 aliphatic rings. The Bertz CT molecular complexity index is 493. The van der Waals surface area contributed by atoms with Crippen molar-refractivity contribution in [1.82, 2.24) is 10.2 Å². The molecule has 0 bridgehead atoms. The zero-order valence-corrected chi connectivity index (χ0v) is 11.6. The maximum absolute atomic E-state index is 11.7. The molecule has 0 aliphatic carbocycles. The van der Waals surface area contributed by atoms with Crippen LogP contribution in [0.3, 0.4) is 0 Å². The lowest BCUT2D eigenvalue weighted by atomic mass is 10.1. The van der Waals surface area contributed by atoms with Crippen LogP contribution in [-0.4, -0.2) is 44.1 Å². The van der Waals surface area contributed by atoms with Crippen LogP contribution in [0.15, 0.2) is 24.3 Å². The Kier molecular flexibility index (Phi) is 4.97. The Morgan fingerprint density at radius 3 is 2.85 bits per heavy atom. The van der Waals surface area contributed by atoms with Crippen molar-refractivity contribution in [2.75, 3.05) is 33.3 Å². The van der Waals surface area contributed by atoms with E-state index in [0.29, 0.717) is 23.8 Å². The average molecular weight is 273 g/mol. The molecule has 1 aliphatic heterocycles. The van der Waals surface area contributed by atoms with Crippen LogP contribution in [-0.2, 0) is 4.79 Å². The van der Waals surface area contributed by atoms with Crippen molar-refractivity contribution in [2.45, 2.75) is 6.42 Å². The standard InChI is InChI=1S/C15H19N3O2/c1-18-7-6-13(10-18)9-17-15(19)11-20-14-4-2-12(8-16)3-5-14/h2-5,13H,6-7,9-11H2,1H3,(H,17,19). The minimum atomic E-state index is -0.107. The molecular weight excluding hydrogens is 254 g/mol. The van der Waals surface area contributed by atoms with Crippen LogP contribution in [0.5, 0.6) is 5.75 Å². The topological polar surface area (TPSA) is 65.4 Å². The third-order valence-corrected chi connectivity index (χ3v) is 3.43. The van der Waals surface area contributed by atoms with Gasteiger partial charge < -0.3 is 15.0 Å². The first-order chi connectivity index (χ1) is 9.67. The number of benzene rings is 1. The number of nitrogens with one attached hydrogen (secondary N) is 1. The van der Waals surface area contributed by atoms with Crippen molar-refractivity contribution >= 4 is 5.91 Å². The third kappa shape index (κ3) is 4.25. The number of nitriles is 1. The average Bonchev–Trinajstić information content (AvgIpc) is 2.89. The molecular formula is C15H19N3O2. The Morgan fingerprint density at radius 1 is 1.50 bits per heavy atom. The van der Waals surface area contributed by atoms with Gasteiger partial charge in [-0.15, -0.1) is 0 Å². The van der Waals surface area contributed by atoms with Crippen LogP contribution >= 0.6 is 0 Å². The molecule has 2 rings (SSSR count). The molecule has 1 fully saturated rings. The molecule has 5 heteroatoms. The molecule has 0 saturated carbocycles. The van der Waals surface area contributed by atoms with Gasteiger partial charge in [-0.05, 0) is 50.2 Å². The molecule has 1 N–H and O–H groups in total. The molecule has 0 aromatic heterocycles. The van der Waals surface area contributed by atoms with Crippen LogP contribution in [0.1, 0.15) is 12.0 Å². The van der Waals surface area contributed by atoms with Crippen molar-refractivity contribution in [2.24, 2.45) is 5.92 Å². The summed E-state index contributed by atoms with van der Waals surface area (Å²) in [5.41, 5.74) is 0.576. The van der Waals surface area contributed by atoms with E-state index in [0.717, 1.165) is 19.5 Å². The van der Waals surface area contributed by atoms with Crippen LogP contribution in [0.2, 0.25) is 0 Å². The van der Waals surface area contributed by atoms with Gasteiger partial charge in [0, 0.05) is 13.1 Å². The van der Waals surface area contributed by atoms with E-state index in [9.17, 15) is 4.79 Å². The molecule has 0 spiro atoms. The molecule has 1 atom stereocenters. The lowest BCUT2D eigenvalue weighted by Crippen LogP contribution is -2.33. The molecule has 5 nitrogen and oxygen atoms in total. The Labute approximate surface area is 119 Å². The van der Waals surface area contributed by atoms with E-state index in [4.69, 9.17) is 10.00 Å². The minimum absolute atomic E-state index is 0.00839. The summed E-state index contributed by atoms with van der Waals surface area (Å²) >= 11 is 0. The summed E-state index contributed by atoms with van der Waals surface area (Å²) in [6.07, 6.45) is 1.13. The lowest BCUT2D eigenvalue weighted by Gasteiger charge is -2.12. The summed E-state index contributed by atoms with van der Waals surface area (Å²) in [6, 6.07) is 8.76. The molecule has 0 radical (unpaired) electrons. The third-order valence-electron chi connectivity index (χ3n) is 3.43. The van der Waals surface area contributed by atoms with Gasteiger partial charge in [0.15, 0.2) is 6.61 Å². The summed E-state index contributed by atoms with van der Waals surface area (Å²) in [6.45, 7) is 2.85. The van der Waals surface area contributed by atoms with Gasteiger partial charge >= 0.3 is 0 Å². The smallest absolute Gasteiger partial charge is 0.257 e. The number of nitrogens with zero attached hydrogens (tertiary/aromatic N) is 2. The second kappa shape index (κ2) is 6.92. The number of rotatable bonds is 5. The number of ether oxygens (including phenoxy) is 1. The number of amides is 1. The Hall–Kier alpha value is -2.06. The van der Waals surface area contributed by atoms with Gasteiger partial charge in [0.2, 0.25) is 0 Å². The highest BCUT2D eigenvalue weighted by Gasteiger charge is 2.19.